The van der Waals surface area contributed by atoms with E-state index in [0.717, 1.165) is 0 Å². The maximum Gasteiger partial charge on any atom is 0.407 e. The van der Waals surface area contributed by atoms with Crippen molar-refractivity contribution in [2.75, 3.05) is 6.54 Å². The fourth-order valence-corrected chi connectivity index (χ4v) is 2.03. The van der Waals surface area contributed by atoms with Gasteiger partial charge in [-0.15, -0.1) is 0 Å². The van der Waals surface area contributed by atoms with Gasteiger partial charge in [0.05, 0.1) is 6.54 Å². The average Bonchev–Trinajstić information content (AvgIpc) is 2.58. The molecule has 0 heterocycles. The first-order chi connectivity index (χ1) is 8.55. The molecule has 19 heavy (non-hydrogen) atoms. The van der Waals surface area contributed by atoms with Crippen LogP contribution in [0.15, 0.2) is 0 Å². The first-order valence-electron chi connectivity index (χ1n) is 6.35. The van der Waals surface area contributed by atoms with Gasteiger partial charge in [0.2, 0.25) is 0 Å². The van der Waals surface area contributed by atoms with E-state index >= 15 is 0 Å². The van der Waals surface area contributed by atoms with Gasteiger partial charge in [-0.25, -0.2) is 4.79 Å². The predicted octanol–water partition coefficient (Wildman–Crippen LogP) is 2.58. The zero-order chi connectivity index (χ0) is 14.7. The van der Waals surface area contributed by atoms with Crippen LogP contribution in [0.25, 0.3) is 0 Å². The Kier molecular flexibility index (Phi) is 5.06. The third-order valence-electron chi connectivity index (χ3n) is 2.74. The zero-order valence-electron chi connectivity index (χ0n) is 11.4. The summed E-state index contributed by atoms with van der Waals surface area (Å²) in [7, 11) is 0. The summed E-state index contributed by atoms with van der Waals surface area (Å²) in [6.07, 6.45) is -2.94. The van der Waals surface area contributed by atoms with Crippen molar-refractivity contribution in [1.29, 1.82) is 0 Å². The molecule has 0 aromatic carbocycles. The van der Waals surface area contributed by atoms with Crippen LogP contribution in [0.4, 0.5) is 18.0 Å². The number of alkyl halides is 3. The molecule has 0 aromatic rings. The molecule has 0 radical (unpaired) electrons. The number of alkyl carbamates (subject to hydrolysis) is 1. The first-order valence-corrected chi connectivity index (χ1v) is 6.35. The van der Waals surface area contributed by atoms with Crippen molar-refractivity contribution >= 4 is 6.09 Å². The molecule has 1 rings (SSSR count). The topological polar surface area (TPSA) is 50.4 Å². The number of hydrogen-bond acceptors (Lipinski definition) is 3. The van der Waals surface area contributed by atoms with Gasteiger partial charge in [-0.05, 0) is 40.0 Å². The standard InChI is InChI=1S/C12H21F3N2O2/c1-11(2,3)19-10(18)17-9-5-4-8(6-9)16-7-12(13,14)15/h8-9,16H,4-7H2,1-3H3,(H,17,18)/t8-,9?/m1/s1. The second-order valence-electron chi connectivity index (χ2n) is 5.85. The molecule has 0 aromatic heterocycles. The summed E-state index contributed by atoms with van der Waals surface area (Å²) in [5.74, 6) is 0. The summed E-state index contributed by atoms with van der Waals surface area (Å²) >= 11 is 0. The Bertz CT molecular complexity index is 313. The third kappa shape index (κ3) is 7.25. The van der Waals surface area contributed by atoms with Gasteiger partial charge in [0.15, 0.2) is 0 Å². The molecule has 1 fully saturated rings. The van der Waals surface area contributed by atoms with Gasteiger partial charge < -0.3 is 15.4 Å². The van der Waals surface area contributed by atoms with Crippen LogP contribution in [0.1, 0.15) is 40.0 Å². The lowest BCUT2D eigenvalue weighted by atomic mass is 10.2. The maximum atomic E-state index is 12.0. The van der Waals surface area contributed by atoms with Crippen molar-refractivity contribution < 1.29 is 22.7 Å². The number of rotatable bonds is 3. The molecule has 2 atom stereocenters. The van der Waals surface area contributed by atoms with Crippen LogP contribution in [0.2, 0.25) is 0 Å². The molecule has 112 valence electrons. The molecular formula is C12H21F3N2O2. The van der Waals surface area contributed by atoms with Crippen LogP contribution in [0, 0.1) is 0 Å². The van der Waals surface area contributed by atoms with Crippen LogP contribution in [-0.4, -0.2) is 36.5 Å². The number of amides is 1. The van der Waals surface area contributed by atoms with Gasteiger partial charge >= 0.3 is 12.3 Å². The lowest BCUT2D eigenvalue weighted by Crippen LogP contribution is -2.40. The molecule has 0 spiro atoms. The summed E-state index contributed by atoms with van der Waals surface area (Å²) in [6, 6.07) is -0.331. The van der Waals surface area contributed by atoms with E-state index in [0.29, 0.717) is 19.3 Å². The summed E-state index contributed by atoms with van der Waals surface area (Å²) in [5.41, 5.74) is -0.573. The van der Waals surface area contributed by atoms with Gasteiger partial charge in [-0.3, -0.25) is 0 Å². The number of nitrogens with one attached hydrogen (secondary N) is 2. The maximum absolute atomic E-state index is 12.0. The second kappa shape index (κ2) is 5.98. The van der Waals surface area contributed by atoms with Gasteiger partial charge in [-0.2, -0.15) is 13.2 Å². The fraction of sp³-hybridized carbons (Fsp3) is 0.917. The molecule has 1 amide bonds. The molecule has 0 saturated heterocycles. The van der Waals surface area contributed by atoms with E-state index in [1.54, 1.807) is 20.8 Å². The predicted molar refractivity (Wildman–Crippen MR) is 64.9 cm³/mol. The van der Waals surface area contributed by atoms with Crippen LogP contribution in [-0.2, 0) is 4.74 Å². The number of carbonyl (C=O) groups is 1. The molecule has 7 heteroatoms. The number of ether oxygens (including phenoxy) is 1. The Labute approximate surface area is 111 Å². The fourth-order valence-electron chi connectivity index (χ4n) is 2.03. The highest BCUT2D eigenvalue weighted by molar-refractivity contribution is 5.68. The van der Waals surface area contributed by atoms with Crippen molar-refractivity contribution in [2.24, 2.45) is 0 Å². The largest absolute Gasteiger partial charge is 0.444 e. The summed E-state index contributed by atoms with van der Waals surface area (Å²) in [4.78, 5) is 11.5. The molecule has 4 nitrogen and oxygen atoms in total. The Hall–Kier alpha value is -0.980. The summed E-state index contributed by atoms with van der Waals surface area (Å²) < 4.78 is 41.2. The van der Waals surface area contributed by atoms with Crippen LogP contribution < -0.4 is 10.6 Å². The van der Waals surface area contributed by atoms with Gasteiger partial charge in [0.1, 0.15) is 5.60 Å². The summed E-state index contributed by atoms with van der Waals surface area (Å²) in [5, 5.41) is 5.14. The van der Waals surface area contributed by atoms with Gasteiger partial charge in [-0.1, -0.05) is 0 Å². The van der Waals surface area contributed by atoms with Crippen LogP contribution >= 0.6 is 0 Å². The van der Waals surface area contributed by atoms with E-state index < -0.39 is 24.4 Å². The molecule has 0 bridgehead atoms. The number of halogens is 3. The van der Waals surface area contributed by atoms with Crippen molar-refractivity contribution in [3.8, 4) is 0 Å². The van der Waals surface area contributed by atoms with E-state index in [-0.39, 0.29) is 12.1 Å². The van der Waals surface area contributed by atoms with Crippen LogP contribution in [0.5, 0.6) is 0 Å². The smallest absolute Gasteiger partial charge is 0.407 e. The van der Waals surface area contributed by atoms with E-state index in [1.807, 2.05) is 0 Å². The Morgan fingerprint density at radius 1 is 1.21 bits per heavy atom. The minimum atomic E-state index is -4.20. The monoisotopic (exact) mass is 282 g/mol. The minimum absolute atomic E-state index is 0.124. The van der Waals surface area contributed by atoms with Crippen molar-refractivity contribution in [1.82, 2.24) is 10.6 Å². The average molecular weight is 282 g/mol. The molecule has 0 aliphatic heterocycles. The molecule has 1 aliphatic carbocycles. The molecule has 1 unspecified atom stereocenters. The highest BCUT2D eigenvalue weighted by Crippen LogP contribution is 2.21. The Balaban J connectivity index is 2.27. The normalized spacial score (nSPS) is 24.3. The molecule has 1 saturated carbocycles. The second-order valence-corrected chi connectivity index (χ2v) is 5.85. The van der Waals surface area contributed by atoms with E-state index in [2.05, 4.69) is 10.6 Å². The molecular weight excluding hydrogens is 261 g/mol. The molecule has 2 N–H and O–H groups in total. The van der Waals surface area contributed by atoms with E-state index in [1.165, 1.54) is 0 Å². The van der Waals surface area contributed by atoms with Gasteiger partial charge in [0.25, 0.3) is 0 Å². The number of hydrogen-bond donors (Lipinski definition) is 2. The zero-order valence-corrected chi connectivity index (χ0v) is 11.4. The summed E-state index contributed by atoms with van der Waals surface area (Å²) in [6.45, 7) is 4.29. The number of carbonyl (C=O) groups excluding carboxylic acids is 1. The highest BCUT2D eigenvalue weighted by Gasteiger charge is 2.32. The third-order valence-corrected chi connectivity index (χ3v) is 2.74. The quantitative estimate of drug-likeness (QED) is 0.836. The van der Waals surface area contributed by atoms with Crippen LogP contribution in [0.3, 0.4) is 0 Å². The lowest BCUT2D eigenvalue weighted by molar-refractivity contribution is -0.126. The molecule has 1 aliphatic rings. The van der Waals surface area contributed by atoms with Gasteiger partial charge in [0, 0.05) is 12.1 Å². The highest BCUT2D eigenvalue weighted by atomic mass is 19.4. The Morgan fingerprint density at radius 2 is 1.79 bits per heavy atom. The lowest BCUT2D eigenvalue weighted by Gasteiger charge is -2.22. The van der Waals surface area contributed by atoms with E-state index in [4.69, 9.17) is 4.74 Å². The minimum Gasteiger partial charge on any atom is -0.444 e. The van der Waals surface area contributed by atoms with Crippen molar-refractivity contribution in [3.63, 3.8) is 0 Å². The Morgan fingerprint density at radius 3 is 2.32 bits per heavy atom. The first kappa shape index (κ1) is 16.1. The SMILES string of the molecule is CC(C)(C)OC(=O)NC1CC[C@@H](NCC(F)(F)F)C1. The van der Waals surface area contributed by atoms with E-state index in [9.17, 15) is 18.0 Å². The van der Waals surface area contributed by atoms with Crippen molar-refractivity contribution in [3.05, 3.63) is 0 Å². The van der Waals surface area contributed by atoms with Crippen molar-refractivity contribution in [2.45, 2.75) is 63.9 Å².